The number of nitrogens with one attached hydrogen (secondary N) is 1. The average molecular weight is 1230 g/mol. The Hall–Kier alpha value is -3.59. The first-order valence-electron chi connectivity index (χ1n) is 35.9. The summed E-state index contributed by atoms with van der Waals surface area (Å²) in [5.74, 6) is -0.523. The maximum atomic E-state index is 13.6. The van der Waals surface area contributed by atoms with E-state index in [1.807, 2.05) is 33.3 Å². The largest absolute Gasteiger partial charge is 0.472 e. The van der Waals surface area contributed by atoms with Gasteiger partial charge in [0.1, 0.15) is 19.3 Å². The van der Waals surface area contributed by atoms with Crippen LogP contribution in [0.4, 0.5) is 0 Å². The fraction of sp³-hybridized carbons (Fsp3) is 0.714. The number of hydrogen-bond acceptors (Lipinski definition) is 6. The molecule has 3 atom stereocenters. The molecule has 500 valence electrons. The lowest BCUT2D eigenvalue weighted by atomic mass is 10.0. The molecule has 0 bridgehead atoms. The molecule has 0 aromatic carbocycles. The van der Waals surface area contributed by atoms with Crippen LogP contribution in [0.5, 0.6) is 0 Å². The number of allylic oxidation sites excluding steroid dienone is 19. The van der Waals surface area contributed by atoms with Gasteiger partial charge < -0.3 is 19.4 Å². The molecule has 3 unspecified atom stereocenters. The maximum Gasteiger partial charge on any atom is 0.472 e. The summed E-state index contributed by atoms with van der Waals surface area (Å²) in [5, 5.41) is 3.07. The Labute approximate surface area is 537 Å². The molecule has 0 spiro atoms. The van der Waals surface area contributed by atoms with E-state index in [0.29, 0.717) is 17.4 Å². The molecule has 1 amide bonds. The fourth-order valence-corrected chi connectivity index (χ4v) is 10.6. The van der Waals surface area contributed by atoms with Crippen LogP contribution in [-0.4, -0.2) is 74.3 Å². The minimum Gasteiger partial charge on any atom is -0.456 e. The summed E-state index contributed by atoms with van der Waals surface area (Å²) in [4.78, 5) is 37.9. The van der Waals surface area contributed by atoms with Gasteiger partial charge in [-0.2, -0.15) is 0 Å². The first-order chi connectivity index (χ1) is 42.4. The van der Waals surface area contributed by atoms with E-state index >= 15 is 0 Å². The molecule has 0 aliphatic heterocycles. The van der Waals surface area contributed by atoms with E-state index in [1.165, 1.54) is 135 Å². The number of amides is 1. The number of rotatable bonds is 64. The minimum absolute atomic E-state index is 0.0317. The SMILES string of the molecule is CC/C=C\C/C=C\C/C=C\C/C=C\C/C=C\C/C=C\CCCCCCCCCCC(=O)OC(/C=C\CCCCCCCCCCCCC)C(COP(=O)(O)OCC[N+](C)(C)C)NC(=O)CCCCCCCCCC/C=C\C/C=C\C/C=C\CCCCC. The fourth-order valence-electron chi connectivity index (χ4n) is 9.89. The van der Waals surface area contributed by atoms with E-state index in [4.69, 9.17) is 13.8 Å². The maximum absolute atomic E-state index is 13.6. The second-order valence-corrected chi connectivity index (χ2v) is 26.5. The molecule has 0 aromatic rings. The lowest BCUT2D eigenvalue weighted by Crippen LogP contribution is -2.47. The Balaban J connectivity index is 5.15. The van der Waals surface area contributed by atoms with Crippen LogP contribution in [0.25, 0.3) is 0 Å². The van der Waals surface area contributed by atoms with Gasteiger partial charge >= 0.3 is 13.8 Å². The predicted octanol–water partition coefficient (Wildman–Crippen LogP) is 23.0. The summed E-state index contributed by atoms with van der Waals surface area (Å²) in [7, 11) is 1.48. The highest BCUT2D eigenvalue weighted by atomic mass is 31.2. The van der Waals surface area contributed by atoms with Crippen LogP contribution in [0.3, 0.4) is 0 Å². The van der Waals surface area contributed by atoms with Gasteiger partial charge in [-0.3, -0.25) is 18.6 Å². The van der Waals surface area contributed by atoms with Gasteiger partial charge in [0, 0.05) is 12.8 Å². The molecule has 2 N–H and O–H groups in total. The van der Waals surface area contributed by atoms with Crippen molar-refractivity contribution < 1.29 is 37.3 Å². The summed E-state index contributed by atoms with van der Waals surface area (Å²) < 4.78 is 30.8. The van der Waals surface area contributed by atoms with Crippen LogP contribution in [0, 0.1) is 0 Å². The van der Waals surface area contributed by atoms with E-state index in [9.17, 15) is 19.0 Å². The molecular formula is C77H136N2O7P+. The zero-order chi connectivity index (χ0) is 63.5. The smallest absolute Gasteiger partial charge is 0.456 e. The second kappa shape index (κ2) is 65.4. The number of carbonyl (C=O) groups excluding carboxylic acids is 2. The first-order valence-corrected chi connectivity index (χ1v) is 37.4. The number of hydrogen-bond donors (Lipinski definition) is 2. The zero-order valence-electron chi connectivity index (χ0n) is 57.2. The van der Waals surface area contributed by atoms with E-state index < -0.39 is 20.0 Å². The third-order valence-corrected chi connectivity index (χ3v) is 16.4. The molecule has 0 aliphatic carbocycles. The van der Waals surface area contributed by atoms with Gasteiger partial charge in [0.15, 0.2) is 0 Å². The van der Waals surface area contributed by atoms with E-state index in [-0.39, 0.29) is 31.5 Å². The van der Waals surface area contributed by atoms with Crippen molar-refractivity contribution in [1.29, 1.82) is 0 Å². The summed E-state index contributed by atoms with van der Waals surface area (Å²) in [6.45, 7) is 6.87. The number of phosphoric ester groups is 1. The van der Waals surface area contributed by atoms with Crippen LogP contribution >= 0.6 is 7.82 Å². The number of quaternary nitrogens is 1. The highest BCUT2D eigenvalue weighted by molar-refractivity contribution is 7.47. The highest BCUT2D eigenvalue weighted by Crippen LogP contribution is 2.43. The number of carbonyl (C=O) groups is 2. The van der Waals surface area contributed by atoms with Gasteiger partial charge in [-0.05, 0) is 122 Å². The van der Waals surface area contributed by atoms with Crippen molar-refractivity contribution in [3.63, 3.8) is 0 Å². The number of unbranched alkanes of at least 4 members (excludes halogenated alkanes) is 30. The average Bonchev–Trinajstić information content (AvgIpc) is 3.70. The van der Waals surface area contributed by atoms with Gasteiger partial charge in [-0.15, -0.1) is 0 Å². The molecule has 0 aromatic heterocycles. The molecule has 0 saturated carbocycles. The quantitative estimate of drug-likeness (QED) is 0.0205. The zero-order valence-corrected chi connectivity index (χ0v) is 58.1. The first kappa shape index (κ1) is 83.4. The van der Waals surface area contributed by atoms with Crippen molar-refractivity contribution in [3.05, 3.63) is 122 Å². The van der Waals surface area contributed by atoms with E-state index in [1.54, 1.807) is 0 Å². The number of esters is 1. The van der Waals surface area contributed by atoms with Crippen molar-refractivity contribution in [2.24, 2.45) is 0 Å². The van der Waals surface area contributed by atoms with Crippen molar-refractivity contribution >= 4 is 19.7 Å². The van der Waals surface area contributed by atoms with Crippen LogP contribution in [0.1, 0.15) is 303 Å². The van der Waals surface area contributed by atoms with Gasteiger partial charge in [0.2, 0.25) is 5.91 Å². The predicted molar refractivity (Wildman–Crippen MR) is 378 cm³/mol. The van der Waals surface area contributed by atoms with E-state index in [2.05, 4.69) is 135 Å². The molecule has 0 radical (unpaired) electrons. The third-order valence-electron chi connectivity index (χ3n) is 15.4. The number of phosphoric acid groups is 1. The van der Waals surface area contributed by atoms with Crippen LogP contribution in [-0.2, 0) is 27.9 Å². The van der Waals surface area contributed by atoms with E-state index in [0.717, 1.165) is 135 Å². The molecular weight excluding hydrogens is 1100 g/mol. The Morgan fingerprint density at radius 3 is 1.13 bits per heavy atom. The number of likely N-dealkylation sites (N-methyl/N-ethyl adjacent to an activating group) is 1. The third kappa shape index (κ3) is 66.7. The lowest BCUT2D eigenvalue weighted by Gasteiger charge is -2.27. The molecule has 0 aliphatic rings. The highest BCUT2D eigenvalue weighted by Gasteiger charge is 2.30. The second-order valence-electron chi connectivity index (χ2n) is 25.0. The van der Waals surface area contributed by atoms with Crippen LogP contribution < -0.4 is 5.32 Å². The molecule has 0 rings (SSSR count). The van der Waals surface area contributed by atoms with Crippen molar-refractivity contribution in [3.8, 4) is 0 Å². The van der Waals surface area contributed by atoms with Crippen molar-refractivity contribution in [2.45, 2.75) is 315 Å². The molecule has 87 heavy (non-hydrogen) atoms. The monoisotopic (exact) mass is 1230 g/mol. The van der Waals surface area contributed by atoms with Gasteiger partial charge in [-0.25, -0.2) is 4.57 Å². The number of ether oxygens (including phenoxy) is 1. The lowest BCUT2D eigenvalue weighted by molar-refractivity contribution is -0.870. The molecule has 0 heterocycles. The van der Waals surface area contributed by atoms with Gasteiger partial charge in [0.25, 0.3) is 0 Å². The normalized spacial score (nSPS) is 14.2. The molecule has 10 heteroatoms. The standard InChI is InChI=1S/C77H135N2O7P/c1-7-10-13-16-19-22-25-28-30-32-34-36-37-38-39-40-41-43-45-47-49-52-55-58-61-64-67-70-77(81)86-75(68-65-62-59-56-53-50-27-24-21-18-15-12-9-3)74(73-85-87(82,83)84-72-71-79(4,5)6)78-76(80)69-66-63-60-57-54-51-48-46-44-42-35-33-31-29-26-23-20-17-14-11-8-2/h10,13,19-20,22-23,28-31,34-36,38-39,41-43,65,68,74-75H,7-9,11-12,14-18,21,24-27,32-33,37,40,44-64,66-67,69-73H2,1-6H3,(H-,78,80,82,83)/p+1/b13-10-,22-19-,23-20-,30-28-,31-29-,36-34-,39-38-,42-35-,43-41-,68-65-. The van der Waals surface area contributed by atoms with Crippen LogP contribution in [0.2, 0.25) is 0 Å². The summed E-state index contributed by atoms with van der Waals surface area (Å²) in [6.07, 6.45) is 92.0. The summed E-state index contributed by atoms with van der Waals surface area (Å²) >= 11 is 0. The number of nitrogens with zero attached hydrogens (tertiary/aromatic N) is 1. The topological polar surface area (TPSA) is 111 Å². The van der Waals surface area contributed by atoms with Gasteiger partial charge in [0.05, 0.1) is 33.8 Å². The minimum atomic E-state index is -4.47. The molecule has 0 saturated heterocycles. The molecule has 0 fully saturated rings. The Kier molecular flexibility index (Phi) is 62.7. The Morgan fingerprint density at radius 1 is 0.414 bits per heavy atom. The van der Waals surface area contributed by atoms with Crippen LogP contribution in [0.15, 0.2) is 122 Å². The Bertz CT molecular complexity index is 1900. The Morgan fingerprint density at radius 2 is 0.736 bits per heavy atom. The summed E-state index contributed by atoms with van der Waals surface area (Å²) in [5.41, 5.74) is 0. The van der Waals surface area contributed by atoms with Crippen molar-refractivity contribution in [2.75, 3.05) is 40.9 Å². The summed E-state index contributed by atoms with van der Waals surface area (Å²) in [6, 6.07) is -0.865. The van der Waals surface area contributed by atoms with Crippen molar-refractivity contribution in [1.82, 2.24) is 5.32 Å². The molecule has 9 nitrogen and oxygen atoms in total. The van der Waals surface area contributed by atoms with Gasteiger partial charge in [-0.1, -0.05) is 290 Å².